The van der Waals surface area contributed by atoms with Crippen molar-refractivity contribution in [3.8, 4) is 28.0 Å². The molecule has 0 spiro atoms. The average Bonchev–Trinajstić information content (AvgIpc) is 2.61. The highest BCUT2D eigenvalue weighted by Crippen LogP contribution is 2.39. The first kappa shape index (κ1) is 20.2. The van der Waals surface area contributed by atoms with Crippen molar-refractivity contribution in [1.29, 1.82) is 0 Å². The normalized spacial score (nSPS) is 11.4. The van der Waals surface area contributed by atoms with Crippen LogP contribution in [0.4, 0.5) is 0 Å². The second-order valence-electron chi connectivity index (χ2n) is 7.84. The lowest BCUT2D eigenvalue weighted by molar-refractivity contribution is 0.149. The highest BCUT2D eigenvalue weighted by atomic mass is 35.5. The summed E-state index contributed by atoms with van der Waals surface area (Å²) in [6.45, 7) is 14.1. The largest absolute Gasteiger partial charge is 0.484 e. The molecule has 1 heterocycles. The Labute approximate surface area is 172 Å². The van der Waals surface area contributed by atoms with Gasteiger partial charge in [-0.05, 0) is 86.7 Å². The molecule has 0 saturated carbocycles. The van der Waals surface area contributed by atoms with Gasteiger partial charge in [0.25, 0.3) is 0 Å². The van der Waals surface area contributed by atoms with Crippen LogP contribution in [0, 0.1) is 13.8 Å². The zero-order chi connectivity index (χ0) is 20.5. The lowest BCUT2D eigenvalue weighted by Crippen LogP contribution is -2.28. The van der Waals surface area contributed by atoms with Gasteiger partial charge in [0.15, 0.2) is 0 Å². The van der Waals surface area contributed by atoms with Crippen LogP contribution in [-0.2, 0) is 0 Å². The SMILES string of the molecule is C=C(C)C(C)(C)Oc1ccc(-c2cc(C)cc(Cl)c2-c2cncc(C)c2)cc1. The minimum absolute atomic E-state index is 0.410. The summed E-state index contributed by atoms with van der Waals surface area (Å²) in [7, 11) is 0. The Morgan fingerprint density at radius 2 is 1.64 bits per heavy atom. The summed E-state index contributed by atoms with van der Waals surface area (Å²) in [6, 6.07) is 14.4. The van der Waals surface area contributed by atoms with Crippen LogP contribution in [0.15, 0.2) is 67.0 Å². The molecule has 28 heavy (non-hydrogen) atoms. The molecule has 0 radical (unpaired) electrons. The van der Waals surface area contributed by atoms with Crippen molar-refractivity contribution in [3.63, 3.8) is 0 Å². The van der Waals surface area contributed by atoms with Crippen molar-refractivity contribution in [1.82, 2.24) is 4.98 Å². The van der Waals surface area contributed by atoms with E-state index < -0.39 is 5.60 Å². The molecule has 3 rings (SSSR count). The number of aromatic nitrogens is 1. The van der Waals surface area contributed by atoms with Crippen LogP contribution in [0.1, 0.15) is 31.9 Å². The third-order valence-electron chi connectivity index (χ3n) is 4.96. The highest BCUT2D eigenvalue weighted by molar-refractivity contribution is 6.34. The number of ether oxygens (including phenoxy) is 1. The Morgan fingerprint density at radius 1 is 0.964 bits per heavy atom. The fraction of sp³-hybridized carbons (Fsp3) is 0.240. The Hall–Kier alpha value is -2.58. The molecule has 0 amide bonds. The molecule has 0 aliphatic heterocycles. The minimum atomic E-state index is -0.410. The summed E-state index contributed by atoms with van der Waals surface area (Å²) in [5, 5.41) is 0.728. The summed E-state index contributed by atoms with van der Waals surface area (Å²) in [6.07, 6.45) is 3.71. The van der Waals surface area contributed by atoms with Gasteiger partial charge in [-0.15, -0.1) is 0 Å². The van der Waals surface area contributed by atoms with E-state index in [1.54, 1.807) is 0 Å². The third-order valence-corrected chi connectivity index (χ3v) is 5.26. The highest BCUT2D eigenvalue weighted by Gasteiger charge is 2.21. The van der Waals surface area contributed by atoms with Gasteiger partial charge in [-0.3, -0.25) is 4.98 Å². The van der Waals surface area contributed by atoms with E-state index in [1.807, 2.05) is 58.3 Å². The van der Waals surface area contributed by atoms with Gasteiger partial charge in [0.1, 0.15) is 11.4 Å². The quantitative estimate of drug-likeness (QED) is 0.422. The van der Waals surface area contributed by atoms with Gasteiger partial charge in [0.05, 0.1) is 0 Å². The smallest absolute Gasteiger partial charge is 0.124 e. The first-order valence-corrected chi connectivity index (χ1v) is 9.73. The van der Waals surface area contributed by atoms with E-state index in [4.69, 9.17) is 16.3 Å². The molecule has 0 unspecified atom stereocenters. The number of rotatable bonds is 5. The van der Waals surface area contributed by atoms with Gasteiger partial charge in [-0.1, -0.05) is 36.4 Å². The molecule has 144 valence electrons. The third kappa shape index (κ3) is 4.28. The molecule has 3 heteroatoms. The molecule has 0 saturated heterocycles. The number of hydrogen-bond acceptors (Lipinski definition) is 2. The summed E-state index contributed by atoms with van der Waals surface area (Å²) < 4.78 is 6.10. The lowest BCUT2D eigenvalue weighted by atomic mass is 9.93. The Bertz CT molecular complexity index is 1020. The van der Waals surface area contributed by atoms with Crippen LogP contribution in [0.25, 0.3) is 22.3 Å². The van der Waals surface area contributed by atoms with E-state index in [0.717, 1.165) is 49.7 Å². The first-order chi connectivity index (χ1) is 13.2. The van der Waals surface area contributed by atoms with Crippen molar-refractivity contribution in [2.24, 2.45) is 0 Å². The molecular weight excluding hydrogens is 366 g/mol. The molecule has 0 aliphatic rings. The second kappa shape index (κ2) is 7.81. The number of halogens is 1. The molecule has 0 atom stereocenters. The van der Waals surface area contributed by atoms with Gasteiger partial charge in [-0.25, -0.2) is 0 Å². The Kier molecular flexibility index (Phi) is 5.62. The van der Waals surface area contributed by atoms with Gasteiger partial charge < -0.3 is 4.74 Å². The average molecular weight is 392 g/mol. The number of aryl methyl sites for hydroxylation is 2. The molecule has 0 N–H and O–H groups in total. The summed E-state index contributed by atoms with van der Waals surface area (Å²) in [5.41, 5.74) is 6.98. The number of pyridine rings is 1. The Morgan fingerprint density at radius 3 is 2.25 bits per heavy atom. The summed E-state index contributed by atoms with van der Waals surface area (Å²) >= 11 is 6.66. The van der Waals surface area contributed by atoms with Crippen LogP contribution < -0.4 is 4.74 Å². The zero-order valence-electron chi connectivity index (χ0n) is 17.1. The van der Waals surface area contributed by atoms with E-state index in [1.165, 1.54) is 0 Å². The number of hydrogen-bond donors (Lipinski definition) is 0. The maximum atomic E-state index is 6.66. The lowest BCUT2D eigenvalue weighted by Gasteiger charge is -2.27. The van der Waals surface area contributed by atoms with Gasteiger partial charge in [0, 0.05) is 28.5 Å². The van der Waals surface area contributed by atoms with Crippen LogP contribution in [-0.4, -0.2) is 10.6 Å². The molecule has 0 bridgehead atoms. The van der Waals surface area contributed by atoms with Gasteiger partial charge in [0.2, 0.25) is 0 Å². The Balaban J connectivity index is 2.05. The number of nitrogens with zero attached hydrogens (tertiary/aromatic N) is 1. The maximum Gasteiger partial charge on any atom is 0.124 e. The van der Waals surface area contributed by atoms with Crippen LogP contribution in [0.3, 0.4) is 0 Å². The van der Waals surface area contributed by atoms with E-state index in [0.29, 0.717) is 0 Å². The summed E-state index contributed by atoms with van der Waals surface area (Å²) in [5.74, 6) is 0.814. The van der Waals surface area contributed by atoms with E-state index in [-0.39, 0.29) is 0 Å². The molecule has 0 fully saturated rings. The topological polar surface area (TPSA) is 22.1 Å². The molecule has 3 aromatic rings. The first-order valence-electron chi connectivity index (χ1n) is 9.35. The van der Waals surface area contributed by atoms with Crippen molar-refractivity contribution in [2.45, 2.75) is 40.2 Å². The maximum absolute atomic E-state index is 6.66. The van der Waals surface area contributed by atoms with Crippen molar-refractivity contribution in [3.05, 3.63) is 83.2 Å². The predicted molar refractivity (Wildman–Crippen MR) is 119 cm³/mol. The molecule has 2 aromatic carbocycles. The van der Waals surface area contributed by atoms with Crippen LogP contribution >= 0.6 is 11.6 Å². The second-order valence-corrected chi connectivity index (χ2v) is 8.24. The van der Waals surface area contributed by atoms with E-state index in [9.17, 15) is 0 Å². The fourth-order valence-electron chi connectivity index (χ4n) is 3.04. The molecule has 1 aromatic heterocycles. The standard InChI is InChI=1S/C25H26ClNO/c1-16(2)25(5,6)28-21-9-7-19(8-10-21)22-12-17(3)13-23(26)24(22)20-11-18(4)14-27-15-20/h7-15H,1H2,2-6H3. The molecule has 2 nitrogen and oxygen atoms in total. The van der Waals surface area contributed by atoms with Crippen LogP contribution in [0.5, 0.6) is 5.75 Å². The molecular formula is C25H26ClNO. The number of benzene rings is 2. The van der Waals surface area contributed by atoms with Crippen molar-refractivity contribution < 1.29 is 4.74 Å². The summed E-state index contributed by atoms with van der Waals surface area (Å²) in [4.78, 5) is 4.34. The monoisotopic (exact) mass is 391 g/mol. The van der Waals surface area contributed by atoms with E-state index >= 15 is 0 Å². The van der Waals surface area contributed by atoms with Gasteiger partial charge >= 0.3 is 0 Å². The predicted octanol–water partition coefficient (Wildman–Crippen LogP) is 7.42. The fourth-order valence-corrected chi connectivity index (χ4v) is 3.42. The molecule has 0 aliphatic carbocycles. The zero-order valence-corrected chi connectivity index (χ0v) is 17.9. The van der Waals surface area contributed by atoms with E-state index in [2.05, 4.69) is 42.8 Å². The van der Waals surface area contributed by atoms with Crippen molar-refractivity contribution in [2.75, 3.05) is 0 Å². The minimum Gasteiger partial charge on any atom is -0.484 e. The van der Waals surface area contributed by atoms with Crippen LogP contribution in [0.2, 0.25) is 5.02 Å². The van der Waals surface area contributed by atoms with Crippen molar-refractivity contribution >= 4 is 11.6 Å². The van der Waals surface area contributed by atoms with Gasteiger partial charge in [-0.2, -0.15) is 0 Å².